The van der Waals surface area contributed by atoms with Crippen molar-refractivity contribution >= 4 is 15.4 Å². The van der Waals surface area contributed by atoms with E-state index in [1.54, 1.807) is 12.1 Å². The van der Waals surface area contributed by atoms with E-state index in [4.69, 9.17) is 0 Å². The Kier molecular flexibility index (Phi) is 3.57. The Morgan fingerprint density at radius 1 is 1.28 bits per heavy atom. The van der Waals surface area contributed by atoms with Crippen LogP contribution in [0.25, 0.3) is 5.57 Å². The quantitative estimate of drug-likeness (QED) is 0.844. The lowest BCUT2D eigenvalue weighted by Gasteiger charge is -2.13. The zero-order valence-corrected chi connectivity index (χ0v) is 11.4. The summed E-state index contributed by atoms with van der Waals surface area (Å²) in [5.41, 5.74) is 1.63. The van der Waals surface area contributed by atoms with Gasteiger partial charge in [-0.15, -0.1) is 0 Å². The average molecular weight is 268 g/mol. The lowest BCUT2D eigenvalue weighted by molar-refractivity contribution is 0.570. The van der Waals surface area contributed by atoms with Gasteiger partial charge in [0.15, 0.2) is 9.84 Å². The number of allylic oxidation sites excluding steroid dienone is 1. The summed E-state index contributed by atoms with van der Waals surface area (Å²) in [6, 6.07) is 6.04. The van der Waals surface area contributed by atoms with Gasteiger partial charge in [-0.1, -0.05) is 25.1 Å². The van der Waals surface area contributed by atoms with Crippen molar-refractivity contribution in [3.63, 3.8) is 0 Å². The van der Waals surface area contributed by atoms with Crippen LogP contribution in [0.4, 0.5) is 4.39 Å². The Hall–Kier alpha value is -1.16. The van der Waals surface area contributed by atoms with Crippen molar-refractivity contribution in [2.75, 3.05) is 6.26 Å². The number of hydrogen-bond acceptors (Lipinski definition) is 2. The molecule has 4 heteroatoms. The van der Waals surface area contributed by atoms with E-state index in [9.17, 15) is 12.8 Å². The third-order valence-electron chi connectivity index (χ3n) is 3.50. The molecule has 1 aliphatic carbocycles. The van der Waals surface area contributed by atoms with Crippen molar-refractivity contribution in [3.8, 4) is 0 Å². The van der Waals surface area contributed by atoms with Crippen molar-refractivity contribution in [2.45, 2.75) is 25.0 Å². The van der Waals surface area contributed by atoms with E-state index in [0.717, 1.165) is 17.6 Å². The summed E-state index contributed by atoms with van der Waals surface area (Å²) in [5, 5.41) is -0.451. The summed E-state index contributed by atoms with van der Waals surface area (Å²) >= 11 is 0. The normalized spacial score (nSPS) is 24.1. The zero-order chi connectivity index (χ0) is 13.3. The van der Waals surface area contributed by atoms with Crippen molar-refractivity contribution < 1.29 is 12.8 Å². The molecule has 0 aromatic heterocycles. The molecule has 0 fully saturated rings. The van der Waals surface area contributed by atoms with Gasteiger partial charge in [0, 0.05) is 6.26 Å². The summed E-state index contributed by atoms with van der Waals surface area (Å²) < 4.78 is 36.6. The molecule has 0 radical (unpaired) electrons. The fourth-order valence-corrected chi connectivity index (χ4v) is 3.72. The zero-order valence-electron chi connectivity index (χ0n) is 10.6. The highest BCUT2D eigenvalue weighted by molar-refractivity contribution is 7.91. The fraction of sp³-hybridized carbons (Fsp3) is 0.429. The Morgan fingerprint density at radius 3 is 2.39 bits per heavy atom. The van der Waals surface area contributed by atoms with Crippen molar-refractivity contribution in [2.24, 2.45) is 5.92 Å². The van der Waals surface area contributed by atoms with E-state index in [1.165, 1.54) is 18.4 Å². The largest absolute Gasteiger partial charge is 0.228 e. The monoisotopic (exact) mass is 268 g/mol. The molecule has 0 N–H and O–H groups in total. The van der Waals surface area contributed by atoms with Gasteiger partial charge < -0.3 is 0 Å². The maximum atomic E-state index is 12.9. The fourth-order valence-electron chi connectivity index (χ4n) is 2.45. The highest BCUT2D eigenvalue weighted by Gasteiger charge is 2.33. The SMILES string of the molecule is CCC1C=C(c2ccc(F)cc2)C(S(C)(=O)=O)C1. The molecule has 2 nitrogen and oxygen atoms in total. The van der Waals surface area contributed by atoms with E-state index in [1.807, 2.05) is 13.0 Å². The van der Waals surface area contributed by atoms with Gasteiger partial charge in [0.2, 0.25) is 0 Å². The number of benzene rings is 1. The Morgan fingerprint density at radius 2 is 1.89 bits per heavy atom. The molecule has 1 aromatic carbocycles. The summed E-state index contributed by atoms with van der Waals surface area (Å²) in [6.45, 7) is 2.05. The molecule has 18 heavy (non-hydrogen) atoms. The molecule has 0 bridgehead atoms. The minimum atomic E-state index is -3.12. The van der Waals surface area contributed by atoms with E-state index < -0.39 is 15.1 Å². The molecule has 2 rings (SSSR count). The maximum absolute atomic E-state index is 12.9. The van der Waals surface area contributed by atoms with E-state index in [-0.39, 0.29) is 5.82 Å². The second-order valence-corrected chi connectivity index (χ2v) is 7.08. The first kappa shape index (κ1) is 13.3. The van der Waals surface area contributed by atoms with Crippen LogP contribution in [0.3, 0.4) is 0 Å². The first-order valence-electron chi connectivity index (χ1n) is 6.08. The van der Waals surface area contributed by atoms with Gasteiger partial charge in [-0.05, 0) is 42.0 Å². The van der Waals surface area contributed by atoms with Crippen LogP contribution >= 0.6 is 0 Å². The van der Waals surface area contributed by atoms with Crippen LogP contribution in [0.15, 0.2) is 30.3 Å². The molecule has 1 aliphatic rings. The number of sulfone groups is 1. The third kappa shape index (κ3) is 2.64. The van der Waals surface area contributed by atoms with E-state index in [0.29, 0.717) is 12.3 Å². The minimum Gasteiger partial charge on any atom is -0.228 e. The molecule has 0 spiro atoms. The Bertz CT molecular complexity index is 558. The second kappa shape index (κ2) is 4.84. The topological polar surface area (TPSA) is 34.1 Å². The van der Waals surface area contributed by atoms with E-state index >= 15 is 0 Å². The predicted octanol–water partition coefficient (Wildman–Crippen LogP) is 3.05. The molecule has 0 saturated carbocycles. The summed E-state index contributed by atoms with van der Waals surface area (Å²) in [4.78, 5) is 0. The molecule has 98 valence electrons. The van der Waals surface area contributed by atoms with Gasteiger partial charge >= 0.3 is 0 Å². The molecule has 0 amide bonds. The van der Waals surface area contributed by atoms with Gasteiger partial charge in [0.1, 0.15) is 5.82 Å². The van der Waals surface area contributed by atoms with Gasteiger partial charge in [-0.3, -0.25) is 0 Å². The average Bonchev–Trinajstić information content (AvgIpc) is 2.74. The molecule has 0 saturated heterocycles. The summed E-state index contributed by atoms with van der Waals surface area (Å²) in [6.07, 6.45) is 4.87. The minimum absolute atomic E-state index is 0.296. The van der Waals surface area contributed by atoms with Gasteiger partial charge in [0.25, 0.3) is 0 Å². The van der Waals surface area contributed by atoms with Crippen LogP contribution in [-0.2, 0) is 9.84 Å². The lowest BCUT2D eigenvalue weighted by atomic mass is 10.1. The predicted molar refractivity (Wildman–Crippen MR) is 71.4 cm³/mol. The van der Waals surface area contributed by atoms with Gasteiger partial charge in [-0.25, -0.2) is 12.8 Å². The van der Waals surface area contributed by atoms with Crippen LogP contribution in [0.5, 0.6) is 0 Å². The standard InChI is InChI=1S/C14H17FO2S/c1-3-10-8-13(14(9-10)18(2,16)17)11-4-6-12(15)7-5-11/h4-8,10,14H,3,9H2,1-2H3. The number of rotatable bonds is 3. The van der Waals surface area contributed by atoms with Crippen LogP contribution in [0.1, 0.15) is 25.3 Å². The van der Waals surface area contributed by atoms with Crippen molar-refractivity contribution in [3.05, 3.63) is 41.7 Å². The van der Waals surface area contributed by atoms with Gasteiger partial charge in [-0.2, -0.15) is 0 Å². The summed E-state index contributed by atoms with van der Waals surface area (Å²) in [7, 11) is -3.12. The maximum Gasteiger partial charge on any atom is 0.154 e. The molecule has 2 unspecified atom stereocenters. The molecule has 0 heterocycles. The van der Waals surface area contributed by atoms with Crippen molar-refractivity contribution in [1.82, 2.24) is 0 Å². The first-order valence-corrected chi connectivity index (χ1v) is 8.03. The van der Waals surface area contributed by atoms with E-state index in [2.05, 4.69) is 0 Å². The van der Waals surface area contributed by atoms with Crippen LogP contribution in [-0.4, -0.2) is 19.9 Å². The van der Waals surface area contributed by atoms with Crippen molar-refractivity contribution in [1.29, 1.82) is 0 Å². The molecular formula is C14H17FO2S. The second-order valence-electron chi connectivity index (χ2n) is 4.85. The number of halogens is 1. The van der Waals surface area contributed by atoms with Gasteiger partial charge in [0.05, 0.1) is 5.25 Å². The Balaban J connectivity index is 2.42. The Labute approximate surface area is 107 Å². The van der Waals surface area contributed by atoms with Crippen LogP contribution in [0, 0.1) is 11.7 Å². The first-order chi connectivity index (χ1) is 8.41. The van der Waals surface area contributed by atoms with Crippen LogP contribution in [0.2, 0.25) is 0 Å². The number of hydrogen-bond donors (Lipinski definition) is 0. The lowest BCUT2D eigenvalue weighted by Crippen LogP contribution is -2.19. The molecule has 0 aliphatic heterocycles. The summed E-state index contributed by atoms with van der Waals surface area (Å²) in [5.74, 6) is -0.00919. The molecule has 2 atom stereocenters. The third-order valence-corrected chi connectivity index (χ3v) is 4.98. The smallest absolute Gasteiger partial charge is 0.154 e. The highest BCUT2D eigenvalue weighted by atomic mass is 32.2. The van der Waals surface area contributed by atoms with Crippen LogP contribution < -0.4 is 0 Å². The molecule has 1 aromatic rings. The highest BCUT2D eigenvalue weighted by Crippen LogP contribution is 2.37. The molecular weight excluding hydrogens is 251 g/mol.